The summed E-state index contributed by atoms with van der Waals surface area (Å²) in [6.07, 6.45) is 4.82. The average molecular weight is 387 g/mol. The normalized spacial score (nSPS) is 22.7. The van der Waals surface area contributed by atoms with Gasteiger partial charge in [-0.15, -0.1) is 5.10 Å². The standard InChI is InChI=1S/C20H17N7O2/c1-26-17-19(23-25-26)21-10-27(20(17)28)9-15-22-18(24-29-15)16-13-7-12(8-14(13)16)11-5-3-2-4-6-11/h2-7,10,13-14,16H,8-9H2,1H3. The van der Waals surface area contributed by atoms with Crippen LogP contribution in [0.1, 0.15) is 29.6 Å². The summed E-state index contributed by atoms with van der Waals surface area (Å²) in [5.74, 6) is 2.44. The van der Waals surface area contributed by atoms with Crippen LogP contribution in [0.25, 0.3) is 16.7 Å². The van der Waals surface area contributed by atoms with Crippen molar-refractivity contribution in [2.75, 3.05) is 0 Å². The molecule has 9 nitrogen and oxygen atoms in total. The summed E-state index contributed by atoms with van der Waals surface area (Å²) in [6, 6.07) is 10.5. The zero-order chi connectivity index (χ0) is 19.5. The molecule has 0 aliphatic heterocycles. The van der Waals surface area contributed by atoms with Crippen LogP contribution in [0.15, 0.2) is 52.1 Å². The van der Waals surface area contributed by atoms with Crippen LogP contribution in [0.3, 0.4) is 0 Å². The summed E-state index contributed by atoms with van der Waals surface area (Å²) in [5.41, 5.74) is 3.13. The van der Waals surface area contributed by atoms with Gasteiger partial charge in [-0.25, -0.2) is 9.67 Å². The number of hydrogen-bond acceptors (Lipinski definition) is 7. The third kappa shape index (κ3) is 2.54. The van der Waals surface area contributed by atoms with Crippen LogP contribution in [0, 0.1) is 11.8 Å². The van der Waals surface area contributed by atoms with Crippen molar-refractivity contribution in [3.63, 3.8) is 0 Å². The van der Waals surface area contributed by atoms with Crippen LogP contribution in [0.2, 0.25) is 0 Å². The molecule has 6 rings (SSSR count). The van der Waals surface area contributed by atoms with Crippen LogP contribution in [-0.2, 0) is 13.6 Å². The van der Waals surface area contributed by atoms with E-state index in [4.69, 9.17) is 4.52 Å². The Kier molecular flexibility index (Phi) is 3.35. The third-order valence-electron chi connectivity index (χ3n) is 5.90. The Hall–Kier alpha value is -3.62. The zero-order valence-corrected chi connectivity index (χ0v) is 15.6. The molecule has 0 bridgehead atoms. The maximum Gasteiger partial charge on any atom is 0.281 e. The molecule has 0 saturated heterocycles. The van der Waals surface area contributed by atoms with Crippen molar-refractivity contribution in [1.29, 1.82) is 0 Å². The molecule has 0 N–H and O–H groups in total. The van der Waals surface area contributed by atoms with Gasteiger partial charge in [-0.1, -0.05) is 46.8 Å². The number of aryl methyl sites for hydroxylation is 1. The summed E-state index contributed by atoms with van der Waals surface area (Å²) in [4.78, 5) is 21.3. The highest BCUT2D eigenvalue weighted by Crippen LogP contribution is 2.62. The van der Waals surface area contributed by atoms with E-state index in [1.807, 2.05) is 6.07 Å². The molecule has 1 aromatic carbocycles. The van der Waals surface area contributed by atoms with Crippen LogP contribution in [0.4, 0.5) is 0 Å². The number of rotatable bonds is 4. The Morgan fingerprint density at radius 1 is 1.24 bits per heavy atom. The highest BCUT2D eigenvalue weighted by molar-refractivity contribution is 5.70. The number of nitrogens with zero attached hydrogens (tertiary/aromatic N) is 7. The molecule has 2 aliphatic rings. The summed E-state index contributed by atoms with van der Waals surface area (Å²) in [7, 11) is 1.66. The fraction of sp³-hybridized carbons (Fsp3) is 0.300. The second kappa shape index (κ2) is 5.94. The molecule has 3 aromatic heterocycles. The van der Waals surface area contributed by atoms with Crippen molar-refractivity contribution in [3.8, 4) is 0 Å². The lowest BCUT2D eigenvalue weighted by Gasteiger charge is -2.04. The van der Waals surface area contributed by atoms with Crippen molar-refractivity contribution >= 4 is 16.7 Å². The van der Waals surface area contributed by atoms with Crippen LogP contribution >= 0.6 is 0 Å². The molecular formula is C20H17N7O2. The lowest BCUT2D eigenvalue weighted by molar-refractivity contribution is 0.364. The summed E-state index contributed by atoms with van der Waals surface area (Å²) in [6.45, 7) is 0.174. The van der Waals surface area contributed by atoms with Gasteiger partial charge in [0.05, 0.1) is 0 Å². The Balaban J connectivity index is 1.22. The molecular weight excluding hydrogens is 370 g/mol. The van der Waals surface area contributed by atoms with Crippen LogP contribution in [-0.4, -0.2) is 34.7 Å². The first-order valence-corrected chi connectivity index (χ1v) is 9.52. The van der Waals surface area contributed by atoms with E-state index in [-0.39, 0.29) is 12.1 Å². The number of aromatic nitrogens is 7. The summed E-state index contributed by atoms with van der Waals surface area (Å²) >= 11 is 0. The van der Waals surface area contributed by atoms with Gasteiger partial charge in [-0.2, -0.15) is 4.98 Å². The minimum absolute atomic E-state index is 0.174. The van der Waals surface area contributed by atoms with E-state index in [0.717, 1.165) is 12.2 Å². The highest BCUT2D eigenvalue weighted by Gasteiger charge is 2.55. The highest BCUT2D eigenvalue weighted by atomic mass is 16.5. The van der Waals surface area contributed by atoms with Crippen molar-refractivity contribution in [3.05, 3.63) is 70.4 Å². The van der Waals surface area contributed by atoms with Gasteiger partial charge >= 0.3 is 0 Å². The van der Waals surface area contributed by atoms with Gasteiger partial charge in [-0.3, -0.25) is 9.36 Å². The van der Waals surface area contributed by atoms with Crippen molar-refractivity contribution in [2.24, 2.45) is 18.9 Å². The molecule has 0 spiro atoms. The van der Waals surface area contributed by atoms with Gasteiger partial charge in [0.2, 0.25) is 11.5 Å². The molecule has 0 radical (unpaired) electrons. The van der Waals surface area contributed by atoms with Gasteiger partial charge in [-0.05, 0) is 29.4 Å². The quantitative estimate of drug-likeness (QED) is 0.525. The second-order valence-corrected chi connectivity index (χ2v) is 7.64. The average Bonchev–Trinajstić information content (AvgIpc) is 3.16. The number of hydrogen-bond donors (Lipinski definition) is 0. The first kappa shape index (κ1) is 16.3. The Morgan fingerprint density at radius 2 is 2.10 bits per heavy atom. The number of allylic oxidation sites excluding steroid dienone is 2. The summed E-state index contributed by atoms with van der Waals surface area (Å²) < 4.78 is 8.27. The molecule has 29 heavy (non-hydrogen) atoms. The molecule has 3 unspecified atom stereocenters. The van der Waals surface area contributed by atoms with Gasteiger partial charge in [0.15, 0.2) is 11.3 Å². The predicted molar refractivity (Wildman–Crippen MR) is 103 cm³/mol. The molecule has 1 fully saturated rings. The predicted octanol–water partition coefficient (Wildman–Crippen LogP) is 1.77. The number of fused-ring (bicyclic) bond motifs is 2. The zero-order valence-electron chi connectivity index (χ0n) is 15.6. The van der Waals surface area contributed by atoms with Crippen molar-refractivity contribution < 1.29 is 4.52 Å². The Labute approximate surface area is 164 Å². The SMILES string of the molecule is Cn1nnc2ncn(Cc3nc(C4C5C=C(c6ccccc6)CC54)no3)c(=O)c21. The van der Waals surface area contributed by atoms with Gasteiger partial charge < -0.3 is 4.52 Å². The molecule has 1 saturated carbocycles. The maximum atomic E-state index is 12.6. The first-order chi connectivity index (χ1) is 14.2. The minimum Gasteiger partial charge on any atom is -0.337 e. The van der Waals surface area contributed by atoms with E-state index in [9.17, 15) is 4.79 Å². The third-order valence-corrected chi connectivity index (χ3v) is 5.90. The van der Waals surface area contributed by atoms with E-state index in [0.29, 0.717) is 34.8 Å². The molecule has 9 heteroatoms. The maximum absolute atomic E-state index is 12.6. The topological polar surface area (TPSA) is 105 Å². The van der Waals surface area contributed by atoms with E-state index in [2.05, 4.69) is 55.8 Å². The lowest BCUT2D eigenvalue weighted by atomic mass is 10.0. The van der Waals surface area contributed by atoms with Gasteiger partial charge in [0.1, 0.15) is 12.9 Å². The van der Waals surface area contributed by atoms with Gasteiger partial charge in [0.25, 0.3) is 5.56 Å². The van der Waals surface area contributed by atoms with E-state index in [1.54, 1.807) is 7.05 Å². The largest absolute Gasteiger partial charge is 0.337 e. The van der Waals surface area contributed by atoms with Gasteiger partial charge in [0, 0.05) is 13.0 Å². The molecule has 4 aromatic rings. The number of benzene rings is 1. The Bertz CT molecular complexity index is 1320. The van der Waals surface area contributed by atoms with E-state index in [1.165, 1.54) is 26.7 Å². The smallest absolute Gasteiger partial charge is 0.281 e. The van der Waals surface area contributed by atoms with Crippen molar-refractivity contribution in [1.82, 2.24) is 34.7 Å². The van der Waals surface area contributed by atoms with E-state index >= 15 is 0 Å². The van der Waals surface area contributed by atoms with E-state index < -0.39 is 0 Å². The monoisotopic (exact) mass is 387 g/mol. The lowest BCUT2D eigenvalue weighted by Crippen LogP contribution is -2.22. The second-order valence-electron chi connectivity index (χ2n) is 7.64. The molecule has 0 amide bonds. The minimum atomic E-state index is -0.235. The molecule has 3 atom stereocenters. The van der Waals surface area contributed by atoms with Crippen molar-refractivity contribution in [2.45, 2.75) is 18.9 Å². The van der Waals surface area contributed by atoms with Crippen LogP contribution < -0.4 is 5.56 Å². The Morgan fingerprint density at radius 3 is 2.90 bits per heavy atom. The molecule has 144 valence electrons. The summed E-state index contributed by atoms with van der Waals surface area (Å²) in [5, 5.41) is 11.9. The first-order valence-electron chi connectivity index (χ1n) is 9.52. The van der Waals surface area contributed by atoms with Crippen LogP contribution in [0.5, 0.6) is 0 Å². The fourth-order valence-corrected chi connectivity index (χ4v) is 4.38. The molecule has 2 aliphatic carbocycles. The fourth-order valence-electron chi connectivity index (χ4n) is 4.38. The molecule has 3 heterocycles.